The monoisotopic (exact) mass is 268 g/mol. The Kier molecular flexibility index (Phi) is 5.23. The van der Waals surface area contributed by atoms with E-state index in [1.54, 1.807) is 20.8 Å². The highest BCUT2D eigenvalue weighted by atomic mass is 16.6. The lowest BCUT2D eigenvalue weighted by Gasteiger charge is -2.17. The quantitative estimate of drug-likeness (QED) is 0.445. The van der Waals surface area contributed by atoms with E-state index in [0.29, 0.717) is 6.42 Å². The molecule has 1 aromatic rings. The number of hydrogen-bond donors (Lipinski definition) is 0. The van der Waals surface area contributed by atoms with E-state index in [9.17, 15) is 14.9 Å². The first kappa shape index (κ1) is 14.9. The Labute approximate surface area is 110 Å². The Morgan fingerprint density at radius 3 is 2.74 bits per heavy atom. The predicted molar refractivity (Wildman–Crippen MR) is 66.8 cm³/mol. The van der Waals surface area contributed by atoms with Crippen LogP contribution in [-0.2, 0) is 9.53 Å². The number of aromatic nitrogens is 1. The standard InChI is InChI=1S/C12H16N2O5/c1-4-9(12(15)18-8(2)3)19-10-6-5-7-13-11(10)14(16)17/h5-9H,4H2,1-3H3. The minimum atomic E-state index is -0.884. The van der Waals surface area contributed by atoms with E-state index in [0.717, 1.165) is 0 Å². The SMILES string of the molecule is CCC(Oc1cccnc1[N+](=O)[O-])C(=O)OC(C)C. The molecular weight excluding hydrogens is 252 g/mol. The molecule has 0 aliphatic heterocycles. The van der Waals surface area contributed by atoms with Gasteiger partial charge in [-0.1, -0.05) is 6.92 Å². The van der Waals surface area contributed by atoms with E-state index in [-0.39, 0.29) is 11.9 Å². The van der Waals surface area contributed by atoms with E-state index in [1.165, 1.54) is 18.3 Å². The zero-order valence-corrected chi connectivity index (χ0v) is 11.0. The topological polar surface area (TPSA) is 91.6 Å². The summed E-state index contributed by atoms with van der Waals surface area (Å²) in [5.41, 5.74) is 0. The van der Waals surface area contributed by atoms with E-state index in [1.807, 2.05) is 0 Å². The van der Waals surface area contributed by atoms with Crippen molar-refractivity contribution in [2.24, 2.45) is 0 Å². The largest absolute Gasteiger partial charge is 0.470 e. The normalized spacial score (nSPS) is 12.0. The van der Waals surface area contributed by atoms with Crippen molar-refractivity contribution in [2.45, 2.75) is 39.4 Å². The van der Waals surface area contributed by atoms with E-state index < -0.39 is 22.8 Å². The second-order valence-corrected chi connectivity index (χ2v) is 4.08. The van der Waals surface area contributed by atoms with Gasteiger partial charge in [0.05, 0.1) is 6.10 Å². The summed E-state index contributed by atoms with van der Waals surface area (Å²) in [6.07, 6.45) is 0.482. The maximum atomic E-state index is 11.7. The van der Waals surface area contributed by atoms with Crippen LogP contribution in [0, 0.1) is 10.1 Å². The lowest BCUT2D eigenvalue weighted by atomic mass is 10.2. The van der Waals surface area contributed by atoms with Crippen LogP contribution >= 0.6 is 0 Å². The molecule has 0 fully saturated rings. The van der Waals surface area contributed by atoms with Gasteiger partial charge in [-0.15, -0.1) is 0 Å². The summed E-state index contributed by atoms with van der Waals surface area (Å²) in [7, 11) is 0. The summed E-state index contributed by atoms with van der Waals surface area (Å²) in [4.78, 5) is 25.5. The van der Waals surface area contributed by atoms with E-state index in [2.05, 4.69) is 4.98 Å². The van der Waals surface area contributed by atoms with Crippen LogP contribution < -0.4 is 4.74 Å². The Balaban J connectivity index is 2.87. The van der Waals surface area contributed by atoms with Gasteiger partial charge in [0.2, 0.25) is 5.75 Å². The number of carbonyl (C=O) groups is 1. The highest BCUT2D eigenvalue weighted by molar-refractivity contribution is 5.75. The van der Waals surface area contributed by atoms with Crippen molar-refractivity contribution in [1.82, 2.24) is 4.98 Å². The van der Waals surface area contributed by atoms with Crippen molar-refractivity contribution < 1.29 is 19.2 Å². The van der Waals surface area contributed by atoms with Gasteiger partial charge in [0, 0.05) is 0 Å². The van der Waals surface area contributed by atoms with Crippen molar-refractivity contribution in [1.29, 1.82) is 0 Å². The molecule has 7 heteroatoms. The van der Waals surface area contributed by atoms with E-state index >= 15 is 0 Å². The third-order valence-corrected chi connectivity index (χ3v) is 2.18. The van der Waals surface area contributed by atoms with Crippen LogP contribution in [0.4, 0.5) is 5.82 Å². The van der Waals surface area contributed by atoms with Gasteiger partial charge in [-0.25, -0.2) is 4.79 Å². The molecule has 1 rings (SSSR count). The van der Waals surface area contributed by atoms with Gasteiger partial charge in [0.15, 0.2) is 6.10 Å². The van der Waals surface area contributed by atoms with Gasteiger partial charge < -0.3 is 19.6 Å². The molecule has 1 heterocycles. The second kappa shape index (κ2) is 6.67. The molecule has 0 spiro atoms. The summed E-state index contributed by atoms with van der Waals surface area (Å²) in [5, 5.41) is 10.8. The molecule has 19 heavy (non-hydrogen) atoms. The molecule has 0 aliphatic rings. The Morgan fingerprint density at radius 2 is 2.21 bits per heavy atom. The second-order valence-electron chi connectivity index (χ2n) is 4.08. The van der Waals surface area contributed by atoms with Crippen molar-refractivity contribution >= 4 is 11.8 Å². The molecule has 0 bridgehead atoms. The maximum Gasteiger partial charge on any atom is 0.406 e. The molecular formula is C12H16N2O5. The minimum absolute atomic E-state index is 0.0416. The molecule has 104 valence electrons. The van der Waals surface area contributed by atoms with Crippen LogP contribution in [0.3, 0.4) is 0 Å². The zero-order chi connectivity index (χ0) is 14.4. The molecule has 1 aromatic heterocycles. The number of carbonyl (C=O) groups excluding carboxylic acids is 1. The Bertz CT molecular complexity index is 461. The van der Waals surface area contributed by atoms with Gasteiger partial charge in [-0.3, -0.25) is 0 Å². The smallest absolute Gasteiger partial charge is 0.406 e. The van der Waals surface area contributed by atoms with Gasteiger partial charge in [-0.2, -0.15) is 0 Å². The lowest BCUT2D eigenvalue weighted by molar-refractivity contribution is -0.390. The molecule has 0 radical (unpaired) electrons. The first-order chi connectivity index (χ1) is 8.95. The molecule has 0 saturated carbocycles. The molecule has 0 amide bonds. The summed E-state index contributed by atoms with van der Waals surface area (Å²) in [5.74, 6) is -1.01. The van der Waals surface area contributed by atoms with Crippen LogP contribution in [-0.4, -0.2) is 28.1 Å². The first-order valence-corrected chi connectivity index (χ1v) is 5.92. The number of esters is 1. The summed E-state index contributed by atoms with van der Waals surface area (Å²) in [6.45, 7) is 5.17. The fraction of sp³-hybridized carbons (Fsp3) is 0.500. The average molecular weight is 268 g/mol. The first-order valence-electron chi connectivity index (χ1n) is 5.92. The average Bonchev–Trinajstić information content (AvgIpc) is 2.35. The highest BCUT2D eigenvalue weighted by Crippen LogP contribution is 2.25. The molecule has 0 aromatic carbocycles. The minimum Gasteiger partial charge on any atom is -0.470 e. The van der Waals surface area contributed by atoms with Crippen LogP contribution in [0.15, 0.2) is 18.3 Å². The molecule has 1 atom stereocenters. The molecule has 1 unspecified atom stereocenters. The summed E-state index contributed by atoms with van der Waals surface area (Å²) >= 11 is 0. The third kappa shape index (κ3) is 4.20. The molecule has 0 N–H and O–H groups in total. The van der Waals surface area contributed by atoms with Crippen LogP contribution in [0.25, 0.3) is 0 Å². The molecule has 7 nitrogen and oxygen atoms in total. The fourth-order valence-corrected chi connectivity index (χ4v) is 1.37. The number of ether oxygens (including phenoxy) is 2. The van der Waals surface area contributed by atoms with E-state index in [4.69, 9.17) is 9.47 Å². The summed E-state index contributed by atoms with van der Waals surface area (Å²) in [6, 6.07) is 2.90. The van der Waals surface area contributed by atoms with Crippen LogP contribution in [0.1, 0.15) is 27.2 Å². The van der Waals surface area contributed by atoms with Crippen molar-refractivity contribution in [2.75, 3.05) is 0 Å². The zero-order valence-electron chi connectivity index (χ0n) is 11.0. The van der Waals surface area contributed by atoms with Crippen molar-refractivity contribution in [3.05, 3.63) is 28.4 Å². The van der Waals surface area contributed by atoms with Crippen LogP contribution in [0.5, 0.6) is 5.75 Å². The number of nitrogens with zero attached hydrogens (tertiary/aromatic N) is 2. The Hall–Kier alpha value is -2.18. The van der Waals surface area contributed by atoms with Gasteiger partial charge in [0.25, 0.3) is 0 Å². The Morgan fingerprint density at radius 1 is 1.53 bits per heavy atom. The number of rotatable bonds is 6. The molecule has 0 saturated heterocycles. The molecule has 0 aliphatic carbocycles. The third-order valence-electron chi connectivity index (χ3n) is 2.18. The van der Waals surface area contributed by atoms with Crippen LogP contribution in [0.2, 0.25) is 0 Å². The van der Waals surface area contributed by atoms with Gasteiger partial charge >= 0.3 is 11.8 Å². The van der Waals surface area contributed by atoms with Crippen molar-refractivity contribution in [3.8, 4) is 5.75 Å². The maximum absolute atomic E-state index is 11.7. The van der Waals surface area contributed by atoms with Crippen molar-refractivity contribution in [3.63, 3.8) is 0 Å². The fourth-order valence-electron chi connectivity index (χ4n) is 1.37. The highest BCUT2D eigenvalue weighted by Gasteiger charge is 2.25. The summed E-state index contributed by atoms with van der Waals surface area (Å²) < 4.78 is 10.4. The van der Waals surface area contributed by atoms with Gasteiger partial charge in [-0.05, 0) is 42.3 Å². The van der Waals surface area contributed by atoms with Gasteiger partial charge in [0.1, 0.15) is 6.20 Å². The lowest BCUT2D eigenvalue weighted by Crippen LogP contribution is -2.30. The number of hydrogen-bond acceptors (Lipinski definition) is 6. The number of nitro groups is 1. The number of pyridine rings is 1. The predicted octanol–water partition coefficient (Wildman–Crippen LogP) is 2.10.